The van der Waals surface area contributed by atoms with Crippen molar-refractivity contribution in [2.75, 3.05) is 19.6 Å². The molecular weight excluding hydrogens is 652 g/mol. The minimum Gasteiger partial charge on any atom is -0.508 e. The van der Waals surface area contributed by atoms with Crippen LogP contribution >= 0.6 is 11.3 Å². The van der Waals surface area contributed by atoms with Crippen LogP contribution in [0.15, 0.2) is 54.2 Å². The standard InChI is InChI=1S/C32H33F6N3O5S/c1-2-6-25-30(46-20-17-26(47-19-20)32(36,37)38,10-5-14-41(25)27(43)21-18-39-13-9-22(21)31(33,34)35)28(44)40-15-11-29(45,12-16-40)23-7-3-4-8-24(23)42/h3-4,7-9,13,17-19,25,42,45H,2,5-6,10-12,14-16H2,1H3. The number of aliphatic hydroxyl groups is 1. The molecule has 0 bridgehead atoms. The number of nitrogens with zero attached hydrogens (tertiary/aromatic N) is 3. The van der Waals surface area contributed by atoms with Gasteiger partial charge in [-0.1, -0.05) is 31.5 Å². The Hall–Kier alpha value is -3.85. The number of benzene rings is 1. The van der Waals surface area contributed by atoms with E-state index in [1.165, 1.54) is 11.0 Å². The van der Waals surface area contributed by atoms with E-state index in [9.17, 15) is 46.1 Å². The lowest BCUT2D eigenvalue weighted by Crippen LogP contribution is -2.68. The molecule has 47 heavy (non-hydrogen) atoms. The van der Waals surface area contributed by atoms with Crippen molar-refractivity contribution in [1.82, 2.24) is 14.8 Å². The number of alkyl halides is 6. The summed E-state index contributed by atoms with van der Waals surface area (Å²) in [7, 11) is 0. The van der Waals surface area contributed by atoms with E-state index in [1.807, 2.05) is 0 Å². The number of thiophene rings is 1. The fourth-order valence-corrected chi connectivity index (χ4v) is 7.26. The molecule has 2 unspecified atom stereocenters. The summed E-state index contributed by atoms with van der Waals surface area (Å²) in [5, 5.41) is 22.9. The SMILES string of the molecule is CCCC1N(C(=O)c2cnccc2C(F)(F)F)CCCC1(Oc1csc(C(F)(F)F)c1)C(=O)N1CCC(O)(c2ccccc2O)CC1. The summed E-state index contributed by atoms with van der Waals surface area (Å²) in [6.45, 7) is 1.66. The zero-order valence-corrected chi connectivity index (χ0v) is 26.1. The van der Waals surface area contributed by atoms with Crippen molar-refractivity contribution in [3.05, 3.63) is 75.7 Å². The Bertz CT molecular complexity index is 1600. The third kappa shape index (κ3) is 6.77. The number of phenolic OH excluding ortho intramolecular Hbond substituents is 1. The molecule has 4 heterocycles. The molecule has 2 saturated heterocycles. The van der Waals surface area contributed by atoms with E-state index in [-0.39, 0.29) is 68.8 Å². The fourth-order valence-electron chi connectivity index (χ4n) is 6.59. The van der Waals surface area contributed by atoms with E-state index in [1.54, 1.807) is 25.1 Å². The number of para-hydroxylation sites is 1. The van der Waals surface area contributed by atoms with Crippen LogP contribution in [0, 0.1) is 0 Å². The highest BCUT2D eigenvalue weighted by Crippen LogP contribution is 2.44. The van der Waals surface area contributed by atoms with Crippen molar-refractivity contribution in [2.24, 2.45) is 0 Å². The number of carbonyl (C=O) groups excluding carboxylic acids is 2. The zero-order chi connectivity index (χ0) is 34.2. The minimum atomic E-state index is -4.88. The number of pyridine rings is 1. The average molecular weight is 686 g/mol. The Morgan fingerprint density at radius 1 is 1.04 bits per heavy atom. The molecule has 2 aliphatic rings. The summed E-state index contributed by atoms with van der Waals surface area (Å²) in [6.07, 6.45) is -7.30. The second-order valence-corrected chi connectivity index (χ2v) is 12.7. The number of hydrogen-bond donors (Lipinski definition) is 2. The topological polar surface area (TPSA) is 103 Å². The highest BCUT2D eigenvalue weighted by atomic mass is 32.1. The molecule has 254 valence electrons. The first-order chi connectivity index (χ1) is 22.1. The number of phenols is 1. The monoisotopic (exact) mass is 685 g/mol. The molecule has 2 N–H and O–H groups in total. The second-order valence-electron chi connectivity index (χ2n) is 11.8. The summed E-state index contributed by atoms with van der Waals surface area (Å²) in [4.78, 5) is 33.8. The molecule has 0 aliphatic carbocycles. The van der Waals surface area contributed by atoms with Crippen LogP contribution in [-0.4, -0.2) is 68.1 Å². The average Bonchev–Trinajstić information content (AvgIpc) is 3.51. The normalized spacial score (nSPS) is 21.8. The number of hydrogen-bond acceptors (Lipinski definition) is 7. The van der Waals surface area contributed by atoms with Gasteiger partial charge in [-0.2, -0.15) is 26.3 Å². The molecule has 8 nitrogen and oxygen atoms in total. The Kier molecular flexibility index (Phi) is 9.52. The van der Waals surface area contributed by atoms with E-state index >= 15 is 0 Å². The molecule has 0 spiro atoms. The van der Waals surface area contributed by atoms with Crippen molar-refractivity contribution in [3.8, 4) is 11.5 Å². The number of ether oxygens (including phenoxy) is 1. The summed E-state index contributed by atoms with van der Waals surface area (Å²) in [5.41, 5.74) is -5.07. The third-order valence-electron chi connectivity index (χ3n) is 8.84. The first kappa shape index (κ1) is 34.5. The minimum absolute atomic E-state index is 0.00871. The molecule has 3 aromatic rings. The Labute approximate surface area is 270 Å². The van der Waals surface area contributed by atoms with Crippen LogP contribution in [0.4, 0.5) is 26.3 Å². The van der Waals surface area contributed by atoms with Crippen molar-refractivity contribution in [3.63, 3.8) is 0 Å². The van der Waals surface area contributed by atoms with Gasteiger partial charge in [0.1, 0.15) is 16.4 Å². The molecule has 2 amide bonds. The van der Waals surface area contributed by atoms with Gasteiger partial charge >= 0.3 is 12.4 Å². The van der Waals surface area contributed by atoms with Crippen molar-refractivity contribution < 1.29 is 50.9 Å². The van der Waals surface area contributed by atoms with Gasteiger partial charge in [-0.05, 0) is 37.8 Å². The Balaban J connectivity index is 1.54. The molecule has 2 aliphatic heterocycles. The zero-order valence-electron chi connectivity index (χ0n) is 25.3. The molecule has 1 aromatic carbocycles. The molecule has 2 fully saturated rings. The van der Waals surface area contributed by atoms with Gasteiger partial charge in [0.2, 0.25) is 5.60 Å². The van der Waals surface area contributed by atoms with Gasteiger partial charge in [0.25, 0.3) is 11.8 Å². The lowest BCUT2D eigenvalue weighted by Gasteiger charge is -2.51. The maximum atomic E-state index is 14.6. The van der Waals surface area contributed by atoms with Crippen LogP contribution in [0.2, 0.25) is 0 Å². The number of rotatable bonds is 7. The summed E-state index contributed by atoms with van der Waals surface area (Å²) in [5.74, 6) is -2.07. The van der Waals surface area contributed by atoms with Gasteiger partial charge in [0.05, 0.1) is 22.8 Å². The lowest BCUT2D eigenvalue weighted by atomic mass is 9.78. The van der Waals surface area contributed by atoms with E-state index in [0.29, 0.717) is 23.8 Å². The number of aromatic hydroxyl groups is 1. The predicted molar refractivity (Wildman–Crippen MR) is 159 cm³/mol. The number of piperidine rings is 2. The first-order valence-corrected chi connectivity index (χ1v) is 16.0. The lowest BCUT2D eigenvalue weighted by molar-refractivity contribution is -0.163. The van der Waals surface area contributed by atoms with Crippen molar-refractivity contribution in [2.45, 2.75) is 75.0 Å². The summed E-state index contributed by atoms with van der Waals surface area (Å²) in [6, 6.07) is 6.55. The fraction of sp³-hybridized carbons (Fsp3) is 0.469. The number of carbonyl (C=O) groups is 2. The maximum Gasteiger partial charge on any atom is 0.425 e. The smallest absolute Gasteiger partial charge is 0.425 e. The van der Waals surface area contributed by atoms with Crippen LogP contribution in [0.3, 0.4) is 0 Å². The molecule has 2 atom stereocenters. The van der Waals surface area contributed by atoms with Crippen LogP contribution in [-0.2, 0) is 22.7 Å². The van der Waals surface area contributed by atoms with Crippen molar-refractivity contribution >= 4 is 23.2 Å². The van der Waals surface area contributed by atoms with E-state index in [0.717, 1.165) is 28.7 Å². The molecule has 0 radical (unpaired) electrons. The number of halogens is 6. The molecule has 0 saturated carbocycles. The quantitative estimate of drug-likeness (QED) is 0.271. The van der Waals surface area contributed by atoms with Gasteiger partial charge in [0.15, 0.2) is 0 Å². The number of aromatic nitrogens is 1. The van der Waals surface area contributed by atoms with Gasteiger partial charge in [0, 0.05) is 55.5 Å². The molecular formula is C32H33F6N3O5S. The highest BCUT2D eigenvalue weighted by molar-refractivity contribution is 7.10. The van der Waals surface area contributed by atoms with Crippen LogP contribution in [0.1, 0.15) is 71.8 Å². The first-order valence-electron chi connectivity index (χ1n) is 15.1. The van der Waals surface area contributed by atoms with E-state index < -0.39 is 57.4 Å². The molecule has 5 rings (SSSR count). The van der Waals surface area contributed by atoms with Gasteiger partial charge in [-0.25, -0.2) is 0 Å². The van der Waals surface area contributed by atoms with Gasteiger partial charge in [-0.15, -0.1) is 11.3 Å². The largest absolute Gasteiger partial charge is 0.508 e. The highest BCUT2D eigenvalue weighted by Gasteiger charge is 2.56. The van der Waals surface area contributed by atoms with Gasteiger partial charge in [-0.3, -0.25) is 14.6 Å². The Morgan fingerprint density at radius 2 is 1.74 bits per heavy atom. The van der Waals surface area contributed by atoms with Crippen LogP contribution < -0.4 is 4.74 Å². The Morgan fingerprint density at radius 3 is 2.36 bits per heavy atom. The third-order valence-corrected chi connectivity index (χ3v) is 9.79. The van der Waals surface area contributed by atoms with Crippen LogP contribution in [0.5, 0.6) is 11.5 Å². The summed E-state index contributed by atoms with van der Waals surface area (Å²) >= 11 is 0.368. The second kappa shape index (κ2) is 13.0. The maximum absolute atomic E-state index is 14.6. The van der Waals surface area contributed by atoms with Crippen molar-refractivity contribution in [1.29, 1.82) is 0 Å². The predicted octanol–water partition coefficient (Wildman–Crippen LogP) is 6.62. The van der Waals surface area contributed by atoms with Gasteiger partial charge < -0.3 is 24.7 Å². The van der Waals surface area contributed by atoms with E-state index in [2.05, 4.69) is 4.98 Å². The number of amides is 2. The summed E-state index contributed by atoms with van der Waals surface area (Å²) < 4.78 is 88.7. The number of likely N-dealkylation sites (tertiary alicyclic amines) is 2. The molecule has 15 heteroatoms. The molecule has 2 aromatic heterocycles. The van der Waals surface area contributed by atoms with Crippen LogP contribution in [0.25, 0.3) is 0 Å². The van der Waals surface area contributed by atoms with E-state index in [4.69, 9.17) is 4.74 Å².